The highest BCUT2D eigenvalue weighted by Gasteiger charge is 2.59. The number of amides is 1. The second kappa shape index (κ2) is 8.04. The number of para-hydroxylation sites is 1. The molecule has 6 nitrogen and oxygen atoms in total. The van der Waals surface area contributed by atoms with Crippen LogP contribution in [0.2, 0.25) is 0 Å². The van der Waals surface area contributed by atoms with E-state index in [0.717, 1.165) is 5.56 Å². The normalized spacial score (nSPS) is 23.1. The van der Waals surface area contributed by atoms with Crippen LogP contribution < -0.4 is 25.0 Å². The topological polar surface area (TPSA) is 62.8 Å². The summed E-state index contributed by atoms with van der Waals surface area (Å²) >= 11 is 5.69. The van der Waals surface area contributed by atoms with Crippen LogP contribution >= 0.6 is 12.2 Å². The molecule has 0 spiro atoms. The number of methoxy groups -OCH3 is 1. The fourth-order valence-corrected chi connectivity index (χ4v) is 5.02. The molecule has 3 aromatic rings. The van der Waals surface area contributed by atoms with Gasteiger partial charge in [-0.1, -0.05) is 18.2 Å². The van der Waals surface area contributed by atoms with Crippen LogP contribution in [0.5, 0.6) is 11.5 Å². The first kappa shape index (κ1) is 21.2. The summed E-state index contributed by atoms with van der Waals surface area (Å²) in [6.45, 7) is 1.84. The monoisotopic (exact) mass is 463 g/mol. The molecule has 1 saturated heterocycles. The standard InChI is InChI=1S/C25H22FN3O3S/c1-25-21(23(30)27-16-9-13-18(31-2)14-10-16)22(19-5-3-4-6-20(19)32-25)28-24(33)29(25)17-11-7-15(26)8-12-17/h3-14,21-22H,1-2H3,(H,27,30)(H,28,33)/t21-,22+,25+/m1/s1. The van der Waals surface area contributed by atoms with Crippen LogP contribution in [0.25, 0.3) is 0 Å². The summed E-state index contributed by atoms with van der Waals surface area (Å²) in [4.78, 5) is 15.4. The van der Waals surface area contributed by atoms with E-state index in [2.05, 4.69) is 10.6 Å². The predicted molar refractivity (Wildman–Crippen MR) is 128 cm³/mol. The van der Waals surface area contributed by atoms with Gasteiger partial charge in [-0.2, -0.15) is 0 Å². The van der Waals surface area contributed by atoms with E-state index >= 15 is 0 Å². The SMILES string of the molecule is COc1ccc(NC(=O)[C@H]2[C@H]3NC(=S)N(c4ccc(F)cc4)[C@@]2(C)Oc2ccccc23)cc1. The molecule has 3 atom stereocenters. The van der Waals surface area contributed by atoms with E-state index in [1.807, 2.05) is 31.2 Å². The molecule has 3 aromatic carbocycles. The molecule has 1 fully saturated rings. The van der Waals surface area contributed by atoms with Crippen molar-refractivity contribution in [2.45, 2.75) is 18.7 Å². The highest BCUT2D eigenvalue weighted by molar-refractivity contribution is 7.80. The Morgan fingerprint density at radius 1 is 1.12 bits per heavy atom. The summed E-state index contributed by atoms with van der Waals surface area (Å²) in [6, 6.07) is 20.3. The Morgan fingerprint density at radius 3 is 2.52 bits per heavy atom. The predicted octanol–water partition coefficient (Wildman–Crippen LogP) is 4.63. The third kappa shape index (κ3) is 3.56. The number of ether oxygens (including phenoxy) is 2. The number of rotatable bonds is 4. The van der Waals surface area contributed by atoms with Gasteiger partial charge in [0, 0.05) is 16.9 Å². The van der Waals surface area contributed by atoms with Crippen molar-refractivity contribution in [3.63, 3.8) is 0 Å². The zero-order valence-electron chi connectivity index (χ0n) is 18.0. The van der Waals surface area contributed by atoms with Crippen LogP contribution in [0.3, 0.4) is 0 Å². The van der Waals surface area contributed by atoms with Crippen molar-refractivity contribution in [1.29, 1.82) is 0 Å². The zero-order chi connectivity index (χ0) is 23.2. The number of benzene rings is 3. The van der Waals surface area contributed by atoms with Crippen molar-refractivity contribution < 1.29 is 18.7 Å². The molecule has 0 unspecified atom stereocenters. The molecular formula is C25H22FN3O3S. The van der Waals surface area contributed by atoms with Gasteiger partial charge >= 0.3 is 0 Å². The maximum Gasteiger partial charge on any atom is 0.236 e. The van der Waals surface area contributed by atoms with Crippen LogP contribution in [-0.2, 0) is 4.79 Å². The summed E-state index contributed by atoms with van der Waals surface area (Å²) < 4.78 is 25.3. The largest absolute Gasteiger partial charge is 0.497 e. The third-order valence-electron chi connectivity index (χ3n) is 6.13. The number of carbonyl (C=O) groups is 1. The summed E-state index contributed by atoms with van der Waals surface area (Å²) in [6.07, 6.45) is 0. The minimum Gasteiger partial charge on any atom is -0.497 e. The van der Waals surface area contributed by atoms with Gasteiger partial charge < -0.3 is 20.1 Å². The molecule has 2 heterocycles. The minimum absolute atomic E-state index is 0.232. The molecule has 1 amide bonds. The van der Waals surface area contributed by atoms with Crippen LogP contribution in [-0.4, -0.2) is 23.9 Å². The highest BCUT2D eigenvalue weighted by Crippen LogP contribution is 2.49. The fourth-order valence-electron chi connectivity index (χ4n) is 4.60. The van der Waals surface area contributed by atoms with Gasteiger partial charge in [0.05, 0.1) is 13.2 Å². The Hall–Kier alpha value is -3.65. The van der Waals surface area contributed by atoms with Crippen LogP contribution in [0.1, 0.15) is 18.5 Å². The van der Waals surface area contributed by atoms with E-state index in [0.29, 0.717) is 28.0 Å². The van der Waals surface area contributed by atoms with Gasteiger partial charge in [-0.05, 0) is 73.7 Å². The van der Waals surface area contributed by atoms with Crippen molar-refractivity contribution in [2.24, 2.45) is 5.92 Å². The van der Waals surface area contributed by atoms with Gasteiger partial charge in [-0.25, -0.2) is 4.39 Å². The summed E-state index contributed by atoms with van der Waals surface area (Å²) in [5, 5.41) is 6.73. The number of nitrogens with one attached hydrogen (secondary N) is 2. The van der Waals surface area contributed by atoms with Gasteiger partial charge in [0.15, 0.2) is 10.8 Å². The second-order valence-corrected chi connectivity index (χ2v) is 8.52. The number of nitrogens with zero attached hydrogens (tertiary/aromatic N) is 1. The third-order valence-corrected chi connectivity index (χ3v) is 6.43. The molecule has 2 aliphatic heterocycles. The summed E-state index contributed by atoms with van der Waals surface area (Å²) in [5.41, 5.74) is 0.954. The Balaban J connectivity index is 1.58. The van der Waals surface area contributed by atoms with Crippen LogP contribution in [0, 0.1) is 11.7 Å². The molecule has 0 aromatic heterocycles. The zero-order valence-corrected chi connectivity index (χ0v) is 18.9. The lowest BCUT2D eigenvalue weighted by Gasteiger charge is -2.56. The highest BCUT2D eigenvalue weighted by atomic mass is 32.1. The smallest absolute Gasteiger partial charge is 0.236 e. The minimum atomic E-state index is -1.16. The average molecular weight is 464 g/mol. The maximum atomic E-state index is 13.7. The van der Waals surface area contributed by atoms with E-state index in [1.165, 1.54) is 12.1 Å². The first-order valence-corrected chi connectivity index (χ1v) is 10.9. The van der Waals surface area contributed by atoms with Crippen molar-refractivity contribution in [2.75, 3.05) is 17.3 Å². The molecule has 0 saturated carbocycles. The maximum absolute atomic E-state index is 13.7. The number of halogens is 1. The van der Waals surface area contributed by atoms with Crippen molar-refractivity contribution in [3.05, 3.63) is 84.2 Å². The average Bonchev–Trinajstić information content (AvgIpc) is 2.80. The molecule has 5 rings (SSSR count). The van der Waals surface area contributed by atoms with Crippen molar-refractivity contribution >= 4 is 34.6 Å². The lowest BCUT2D eigenvalue weighted by molar-refractivity contribution is -0.130. The molecule has 2 bridgehead atoms. The van der Waals surface area contributed by atoms with Gasteiger partial charge in [0.25, 0.3) is 0 Å². The number of anilines is 2. The molecule has 0 aliphatic carbocycles. The van der Waals surface area contributed by atoms with E-state index in [4.69, 9.17) is 21.7 Å². The number of carbonyl (C=O) groups excluding carboxylic acids is 1. The fraction of sp³-hybridized carbons (Fsp3) is 0.200. The molecule has 33 heavy (non-hydrogen) atoms. The van der Waals surface area contributed by atoms with Crippen molar-refractivity contribution in [3.8, 4) is 11.5 Å². The summed E-state index contributed by atoms with van der Waals surface area (Å²) in [7, 11) is 1.59. The Morgan fingerprint density at radius 2 is 1.82 bits per heavy atom. The number of hydrogen-bond donors (Lipinski definition) is 2. The Labute approximate surface area is 196 Å². The lowest BCUT2D eigenvalue weighted by atomic mass is 9.78. The Bertz CT molecular complexity index is 1220. The molecule has 2 N–H and O–H groups in total. The molecule has 0 radical (unpaired) electrons. The molecule has 168 valence electrons. The van der Waals surface area contributed by atoms with Gasteiger partial charge in [-0.15, -0.1) is 0 Å². The van der Waals surface area contributed by atoms with E-state index in [1.54, 1.807) is 48.4 Å². The second-order valence-electron chi connectivity index (χ2n) is 8.13. The van der Waals surface area contributed by atoms with E-state index in [9.17, 15) is 9.18 Å². The van der Waals surface area contributed by atoms with Gasteiger partial charge in [-0.3, -0.25) is 9.69 Å². The van der Waals surface area contributed by atoms with Crippen molar-refractivity contribution in [1.82, 2.24) is 5.32 Å². The van der Waals surface area contributed by atoms with Gasteiger partial charge in [0.1, 0.15) is 23.2 Å². The van der Waals surface area contributed by atoms with Gasteiger partial charge in [0.2, 0.25) is 5.91 Å². The van der Waals surface area contributed by atoms with Crippen LogP contribution in [0.15, 0.2) is 72.8 Å². The number of thiocarbonyl (C=S) groups is 1. The molecule has 8 heteroatoms. The number of hydrogen-bond acceptors (Lipinski definition) is 4. The first-order valence-electron chi connectivity index (χ1n) is 10.5. The molecule has 2 aliphatic rings. The quantitative estimate of drug-likeness (QED) is 0.550. The van der Waals surface area contributed by atoms with Crippen LogP contribution in [0.4, 0.5) is 15.8 Å². The lowest BCUT2D eigenvalue weighted by Crippen LogP contribution is -2.72. The number of fused-ring (bicyclic) bond motifs is 4. The Kier molecular flexibility index (Phi) is 5.17. The summed E-state index contributed by atoms with van der Waals surface area (Å²) in [5.74, 6) is 0.0961. The first-order chi connectivity index (χ1) is 15.9. The van der Waals surface area contributed by atoms with E-state index < -0.39 is 17.7 Å². The molecular weight excluding hydrogens is 441 g/mol. The van der Waals surface area contributed by atoms with E-state index in [-0.39, 0.29) is 11.7 Å².